The van der Waals surface area contributed by atoms with Crippen LogP contribution in [-0.2, 0) is 6.54 Å². The van der Waals surface area contributed by atoms with Crippen LogP contribution in [0, 0.1) is 0 Å². The van der Waals surface area contributed by atoms with Crippen LogP contribution in [0.1, 0.15) is 12.0 Å². The van der Waals surface area contributed by atoms with Crippen molar-refractivity contribution < 1.29 is 5.11 Å². The first-order valence-electron chi connectivity index (χ1n) is 5.70. The molecule has 84 valence electrons. The summed E-state index contributed by atoms with van der Waals surface area (Å²) in [6.07, 6.45) is 0.810. The first-order chi connectivity index (χ1) is 7.92. The highest BCUT2D eigenvalue weighted by molar-refractivity contribution is 5.85. The van der Waals surface area contributed by atoms with Gasteiger partial charge in [-0.1, -0.05) is 42.5 Å². The van der Waals surface area contributed by atoms with Crippen molar-refractivity contribution >= 4 is 10.8 Å². The van der Waals surface area contributed by atoms with Gasteiger partial charge in [0, 0.05) is 13.2 Å². The Kier molecular flexibility index (Phi) is 3.91. The maximum atomic E-state index is 8.70. The van der Waals surface area contributed by atoms with Gasteiger partial charge >= 0.3 is 0 Å². The lowest BCUT2D eigenvalue weighted by Gasteiger charge is -2.07. The topological polar surface area (TPSA) is 32.3 Å². The molecule has 0 atom stereocenters. The van der Waals surface area contributed by atoms with Crippen LogP contribution in [0.2, 0.25) is 0 Å². The van der Waals surface area contributed by atoms with Crippen LogP contribution in [0.5, 0.6) is 0 Å². The molecule has 0 aliphatic heterocycles. The molecular weight excluding hydrogens is 198 g/mol. The fraction of sp³-hybridized carbons (Fsp3) is 0.286. The lowest BCUT2D eigenvalue weighted by Crippen LogP contribution is -2.15. The van der Waals surface area contributed by atoms with Gasteiger partial charge in [-0.2, -0.15) is 0 Å². The van der Waals surface area contributed by atoms with Gasteiger partial charge in [0.25, 0.3) is 0 Å². The Morgan fingerprint density at radius 2 is 1.81 bits per heavy atom. The van der Waals surface area contributed by atoms with E-state index in [0.717, 1.165) is 19.5 Å². The van der Waals surface area contributed by atoms with E-state index in [1.807, 2.05) is 0 Å². The first-order valence-corrected chi connectivity index (χ1v) is 5.70. The Morgan fingerprint density at radius 3 is 2.69 bits per heavy atom. The SMILES string of the molecule is OCCCNCc1cccc2ccccc12. The maximum Gasteiger partial charge on any atom is 0.0443 e. The Balaban J connectivity index is 2.11. The van der Waals surface area contributed by atoms with Crippen molar-refractivity contribution in [2.24, 2.45) is 0 Å². The average molecular weight is 215 g/mol. The van der Waals surface area contributed by atoms with Crippen LogP contribution < -0.4 is 5.32 Å². The van der Waals surface area contributed by atoms with E-state index in [-0.39, 0.29) is 6.61 Å². The van der Waals surface area contributed by atoms with Gasteiger partial charge in [-0.05, 0) is 29.3 Å². The molecule has 16 heavy (non-hydrogen) atoms. The molecule has 0 saturated carbocycles. The molecule has 0 radical (unpaired) electrons. The smallest absolute Gasteiger partial charge is 0.0443 e. The molecule has 2 heteroatoms. The van der Waals surface area contributed by atoms with Gasteiger partial charge in [-0.3, -0.25) is 0 Å². The summed E-state index contributed by atoms with van der Waals surface area (Å²) < 4.78 is 0. The van der Waals surface area contributed by atoms with Crippen LogP contribution in [-0.4, -0.2) is 18.3 Å². The van der Waals surface area contributed by atoms with Crippen LogP contribution in [0.3, 0.4) is 0 Å². The average Bonchev–Trinajstić information content (AvgIpc) is 2.35. The summed E-state index contributed by atoms with van der Waals surface area (Å²) in [7, 11) is 0. The van der Waals surface area contributed by atoms with Crippen molar-refractivity contribution in [3.8, 4) is 0 Å². The van der Waals surface area contributed by atoms with Crippen LogP contribution >= 0.6 is 0 Å². The zero-order valence-electron chi connectivity index (χ0n) is 9.32. The zero-order valence-corrected chi connectivity index (χ0v) is 9.32. The number of aliphatic hydroxyl groups is 1. The molecule has 0 heterocycles. The number of hydrogen-bond acceptors (Lipinski definition) is 2. The minimum atomic E-state index is 0.253. The third kappa shape index (κ3) is 2.60. The normalized spacial score (nSPS) is 10.8. The Hall–Kier alpha value is -1.38. The molecule has 0 amide bonds. The van der Waals surface area contributed by atoms with Crippen LogP contribution in [0.25, 0.3) is 10.8 Å². The third-order valence-electron chi connectivity index (χ3n) is 2.71. The summed E-state index contributed by atoms with van der Waals surface area (Å²) in [5, 5.41) is 14.6. The minimum Gasteiger partial charge on any atom is -0.396 e. The summed E-state index contributed by atoms with van der Waals surface area (Å²) in [4.78, 5) is 0. The monoisotopic (exact) mass is 215 g/mol. The molecule has 2 aromatic carbocycles. The molecule has 0 saturated heterocycles. The molecule has 2 rings (SSSR count). The number of hydrogen-bond donors (Lipinski definition) is 2. The molecule has 0 bridgehead atoms. The Bertz CT molecular complexity index is 448. The van der Waals surface area contributed by atoms with E-state index < -0.39 is 0 Å². The highest BCUT2D eigenvalue weighted by Crippen LogP contribution is 2.17. The van der Waals surface area contributed by atoms with Crippen molar-refractivity contribution in [1.29, 1.82) is 0 Å². The lowest BCUT2D eigenvalue weighted by atomic mass is 10.0. The van der Waals surface area contributed by atoms with E-state index >= 15 is 0 Å². The largest absolute Gasteiger partial charge is 0.396 e. The lowest BCUT2D eigenvalue weighted by molar-refractivity contribution is 0.286. The summed E-state index contributed by atoms with van der Waals surface area (Å²) in [5.41, 5.74) is 1.32. The molecule has 0 fully saturated rings. The fourth-order valence-corrected chi connectivity index (χ4v) is 1.87. The molecule has 0 aromatic heterocycles. The predicted molar refractivity (Wildman–Crippen MR) is 67.4 cm³/mol. The number of aliphatic hydroxyl groups excluding tert-OH is 1. The standard InChI is InChI=1S/C14H17NO/c16-10-4-9-15-11-13-7-3-6-12-5-1-2-8-14(12)13/h1-3,5-8,15-16H,4,9-11H2. The highest BCUT2D eigenvalue weighted by atomic mass is 16.3. The minimum absolute atomic E-state index is 0.253. The molecular formula is C14H17NO. The van der Waals surface area contributed by atoms with Gasteiger partial charge in [0.05, 0.1) is 0 Å². The molecule has 0 aliphatic carbocycles. The summed E-state index contributed by atoms with van der Waals surface area (Å²) >= 11 is 0. The van der Waals surface area contributed by atoms with E-state index in [4.69, 9.17) is 5.11 Å². The first kappa shape index (κ1) is 11.1. The van der Waals surface area contributed by atoms with Crippen LogP contribution in [0.15, 0.2) is 42.5 Å². The zero-order chi connectivity index (χ0) is 11.2. The van der Waals surface area contributed by atoms with Crippen molar-refractivity contribution in [2.45, 2.75) is 13.0 Å². The summed E-state index contributed by atoms with van der Waals surface area (Å²) in [6, 6.07) is 14.8. The number of benzene rings is 2. The number of rotatable bonds is 5. The molecule has 2 aromatic rings. The van der Waals surface area contributed by atoms with Crippen LogP contribution in [0.4, 0.5) is 0 Å². The maximum absolute atomic E-state index is 8.70. The van der Waals surface area contributed by atoms with E-state index in [1.54, 1.807) is 0 Å². The van der Waals surface area contributed by atoms with Crippen molar-refractivity contribution in [3.63, 3.8) is 0 Å². The molecule has 2 N–H and O–H groups in total. The van der Waals surface area contributed by atoms with Crippen molar-refractivity contribution in [2.75, 3.05) is 13.2 Å². The molecule has 2 nitrogen and oxygen atoms in total. The second-order valence-electron chi connectivity index (χ2n) is 3.89. The summed E-state index contributed by atoms with van der Waals surface area (Å²) in [6.45, 7) is 1.98. The van der Waals surface area contributed by atoms with Gasteiger partial charge in [0.2, 0.25) is 0 Å². The highest BCUT2D eigenvalue weighted by Gasteiger charge is 1.98. The van der Waals surface area contributed by atoms with Gasteiger partial charge in [-0.15, -0.1) is 0 Å². The summed E-state index contributed by atoms with van der Waals surface area (Å²) in [5.74, 6) is 0. The van der Waals surface area contributed by atoms with Crippen molar-refractivity contribution in [3.05, 3.63) is 48.0 Å². The van der Waals surface area contributed by atoms with Gasteiger partial charge < -0.3 is 10.4 Å². The van der Waals surface area contributed by atoms with Crippen molar-refractivity contribution in [1.82, 2.24) is 5.32 Å². The second-order valence-corrected chi connectivity index (χ2v) is 3.89. The quantitative estimate of drug-likeness (QED) is 0.750. The van der Waals surface area contributed by atoms with Gasteiger partial charge in [-0.25, -0.2) is 0 Å². The number of nitrogens with one attached hydrogen (secondary N) is 1. The van der Waals surface area contributed by atoms with E-state index in [1.165, 1.54) is 16.3 Å². The molecule has 0 unspecified atom stereocenters. The van der Waals surface area contributed by atoms with E-state index in [0.29, 0.717) is 0 Å². The second kappa shape index (κ2) is 5.64. The van der Waals surface area contributed by atoms with E-state index in [9.17, 15) is 0 Å². The third-order valence-corrected chi connectivity index (χ3v) is 2.71. The number of fused-ring (bicyclic) bond motifs is 1. The van der Waals surface area contributed by atoms with Gasteiger partial charge in [0.15, 0.2) is 0 Å². The van der Waals surface area contributed by atoms with Gasteiger partial charge in [0.1, 0.15) is 0 Å². The Morgan fingerprint density at radius 1 is 1.00 bits per heavy atom. The molecule has 0 spiro atoms. The van der Waals surface area contributed by atoms with E-state index in [2.05, 4.69) is 47.8 Å². The fourth-order valence-electron chi connectivity index (χ4n) is 1.87. The molecule has 0 aliphatic rings. The predicted octanol–water partition coefficient (Wildman–Crippen LogP) is 2.31. The Labute approximate surface area is 95.9 Å².